The minimum absolute atomic E-state index is 0.0104. The number of amides is 1. The summed E-state index contributed by atoms with van der Waals surface area (Å²) in [7, 11) is 0. The molecule has 7 nitrogen and oxygen atoms in total. The number of aryl methyl sites for hydroxylation is 1. The van der Waals surface area contributed by atoms with E-state index in [0.29, 0.717) is 12.5 Å². The predicted molar refractivity (Wildman–Crippen MR) is 148 cm³/mol. The number of nitrogens with one attached hydrogen (secondary N) is 1. The lowest BCUT2D eigenvalue weighted by atomic mass is 9.83. The Kier molecular flexibility index (Phi) is 9.00. The molecule has 2 aliphatic carbocycles. The largest absolute Gasteiger partial charge is 0.503 e. The molecule has 5 rings (SSSR count). The van der Waals surface area contributed by atoms with E-state index >= 15 is 0 Å². The topological polar surface area (TPSA) is 109 Å². The molecule has 38 heavy (non-hydrogen) atoms. The van der Waals surface area contributed by atoms with E-state index in [9.17, 15) is 9.59 Å². The summed E-state index contributed by atoms with van der Waals surface area (Å²) in [6.07, 6.45) is 8.36. The highest BCUT2D eigenvalue weighted by Gasteiger charge is 2.32. The van der Waals surface area contributed by atoms with E-state index in [0.717, 1.165) is 47.6 Å². The second-order valence-corrected chi connectivity index (χ2v) is 10.6. The van der Waals surface area contributed by atoms with Gasteiger partial charge in [0.2, 0.25) is 5.91 Å². The molecule has 0 radical (unpaired) electrons. The highest BCUT2D eigenvalue weighted by Crippen LogP contribution is 2.38. The fourth-order valence-corrected chi connectivity index (χ4v) is 5.34. The van der Waals surface area contributed by atoms with Crippen molar-refractivity contribution in [3.05, 3.63) is 99.5 Å². The van der Waals surface area contributed by atoms with Gasteiger partial charge in [-0.2, -0.15) is 0 Å². The number of carbonyl (C=O) groups is 2. The van der Waals surface area contributed by atoms with Crippen LogP contribution < -0.4 is 10.9 Å². The first-order valence-corrected chi connectivity index (χ1v) is 13.4. The highest BCUT2D eigenvalue weighted by molar-refractivity contribution is 5.96. The van der Waals surface area contributed by atoms with E-state index < -0.39 is 6.16 Å². The number of aromatic nitrogens is 1. The molecule has 0 spiro atoms. The fraction of sp³-hybridized carbons (Fsp3) is 0.387. The fourth-order valence-electron chi connectivity index (χ4n) is 5.34. The lowest BCUT2D eigenvalue weighted by molar-refractivity contribution is -0.118. The smallest absolute Gasteiger partial charge is 0.450 e. The maximum Gasteiger partial charge on any atom is 0.503 e. The molecule has 1 heterocycles. The van der Waals surface area contributed by atoms with Gasteiger partial charge in [0.1, 0.15) is 0 Å². The van der Waals surface area contributed by atoms with Crippen LogP contribution in [0.4, 0.5) is 10.5 Å². The van der Waals surface area contributed by atoms with Crippen molar-refractivity contribution in [1.82, 2.24) is 4.57 Å². The van der Waals surface area contributed by atoms with Crippen molar-refractivity contribution < 1.29 is 19.8 Å². The van der Waals surface area contributed by atoms with Crippen LogP contribution >= 0.6 is 0 Å². The Bertz CT molecular complexity index is 1300. The molecule has 2 saturated carbocycles. The Hall–Kier alpha value is -3.87. The lowest BCUT2D eigenvalue weighted by Crippen LogP contribution is -2.26. The molecule has 1 unspecified atom stereocenters. The van der Waals surface area contributed by atoms with E-state index in [4.69, 9.17) is 15.0 Å². The number of nitrogens with zero attached hydrogens (tertiary/aromatic N) is 1. The van der Waals surface area contributed by atoms with Gasteiger partial charge in [0, 0.05) is 18.0 Å². The van der Waals surface area contributed by atoms with Crippen LogP contribution in [-0.2, 0) is 17.8 Å². The summed E-state index contributed by atoms with van der Waals surface area (Å²) in [6.45, 7) is 2.46. The third-order valence-corrected chi connectivity index (χ3v) is 7.41. The molecule has 7 heteroatoms. The zero-order chi connectivity index (χ0) is 27.1. The molecule has 200 valence electrons. The number of anilines is 1. The average molecular weight is 517 g/mol. The number of carbonyl (C=O) groups excluding carboxylic acids is 1. The number of hydrogen-bond donors (Lipinski definition) is 3. The zero-order valence-corrected chi connectivity index (χ0v) is 21.8. The van der Waals surface area contributed by atoms with Crippen molar-refractivity contribution in [2.75, 3.05) is 5.32 Å². The molecule has 1 amide bonds. The summed E-state index contributed by atoms with van der Waals surface area (Å²) in [5.74, 6) is 1.15. The molecule has 0 bridgehead atoms. The van der Waals surface area contributed by atoms with Gasteiger partial charge in [0.25, 0.3) is 5.56 Å². The summed E-state index contributed by atoms with van der Waals surface area (Å²) in [4.78, 5) is 34.4. The van der Waals surface area contributed by atoms with Crippen LogP contribution in [0.25, 0.3) is 0 Å². The summed E-state index contributed by atoms with van der Waals surface area (Å²) in [5, 5.41) is 17.2. The summed E-state index contributed by atoms with van der Waals surface area (Å²) in [5.41, 5.74) is 5.33. The quantitative estimate of drug-likeness (QED) is 0.326. The van der Waals surface area contributed by atoms with Gasteiger partial charge in [-0.25, -0.2) is 4.79 Å². The van der Waals surface area contributed by atoms with Crippen molar-refractivity contribution in [3.8, 4) is 0 Å². The third kappa shape index (κ3) is 7.81. The summed E-state index contributed by atoms with van der Waals surface area (Å²) < 4.78 is 1.72. The van der Waals surface area contributed by atoms with E-state index in [2.05, 4.69) is 47.8 Å². The van der Waals surface area contributed by atoms with Crippen molar-refractivity contribution >= 4 is 17.7 Å². The molecular formula is C31H36N2O5. The molecule has 2 aliphatic rings. The van der Waals surface area contributed by atoms with Gasteiger partial charge < -0.3 is 20.1 Å². The first-order chi connectivity index (χ1) is 18.3. The molecule has 3 N–H and O–H groups in total. The number of hydrogen-bond acceptors (Lipinski definition) is 3. The maximum absolute atomic E-state index is 13.5. The predicted octanol–water partition coefficient (Wildman–Crippen LogP) is 6.29. The Balaban J connectivity index is 0.000000786. The average Bonchev–Trinajstić information content (AvgIpc) is 3.52. The Morgan fingerprint density at radius 2 is 1.63 bits per heavy atom. The zero-order valence-electron chi connectivity index (χ0n) is 21.8. The molecule has 0 aliphatic heterocycles. The van der Waals surface area contributed by atoms with E-state index in [1.54, 1.807) is 10.6 Å². The van der Waals surface area contributed by atoms with Crippen LogP contribution in [0.15, 0.2) is 71.7 Å². The second kappa shape index (κ2) is 12.6. The molecule has 2 fully saturated rings. The highest BCUT2D eigenvalue weighted by atomic mass is 16.6. The normalized spacial score (nSPS) is 15.8. The van der Waals surface area contributed by atoms with Gasteiger partial charge in [0.15, 0.2) is 0 Å². The lowest BCUT2D eigenvalue weighted by Gasteiger charge is -2.24. The monoisotopic (exact) mass is 516 g/mol. The summed E-state index contributed by atoms with van der Waals surface area (Å²) >= 11 is 0. The van der Waals surface area contributed by atoms with Gasteiger partial charge >= 0.3 is 6.16 Å². The maximum atomic E-state index is 13.5. The molecule has 0 saturated heterocycles. The minimum atomic E-state index is -1.83. The van der Waals surface area contributed by atoms with Crippen LogP contribution in [0.2, 0.25) is 0 Å². The van der Waals surface area contributed by atoms with Crippen LogP contribution in [0.5, 0.6) is 0 Å². The number of rotatable bonds is 8. The first-order valence-electron chi connectivity index (χ1n) is 13.4. The molecule has 2 aromatic carbocycles. The number of carboxylic acid groups (broad SMARTS) is 2. The second-order valence-electron chi connectivity index (χ2n) is 10.6. The third-order valence-electron chi connectivity index (χ3n) is 7.41. The Morgan fingerprint density at radius 1 is 0.947 bits per heavy atom. The number of pyridine rings is 1. The van der Waals surface area contributed by atoms with Crippen LogP contribution in [-0.4, -0.2) is 26.8 Å². The minimum Gasteiger partial charge on any atom is -0.450 e. The Morgan fingerprint density at radius 3 is 2.26 bits per heavy atom. The SMILES string of the molecule is Cc1ccn(Cc2ccc(C(C(=O)Nc3cccc(CC4CC4)c3)C3CCCC3)cc2)c(=O)c1.O=C(O)O. The van der Waals surface area contributed by atoms with Gasteiger partial charge in [-0.3, -0.25) is 9.59 Å². The van der Waals surface area contributed by atoms with E-state index in [1.165, 1.54) is 31.2 Å². The molecule has 3 aromatic rings. The van der Waals surface area contributed by atoms with Crippen molar-refractivity contribution in [3.63, 3.8) is 0 Å². The molecule has 1 atom stereocenters. The van der Waals surface area contributed by atoms with Crippen molar-refractivity contribution in [2.24, 2.45) is 11.8 Å². The Labute approximate surface area is 223 Å². The molecule has 1 aromatic heterocycles. The van der Waals surface area contributed by atoms with E-state index in [-0.39, 0.29) is 17.4 Å². The first kappa shape index (κ1) is 27.2. The van der Waals surface area contributed by atoms with Crippen molar-refractivity contribution in [2.45, 2.75) is 64.3 Å². The van der Waals surface area contributed by atoms with E-state index in [1.807, 2.05) is 25.3 Å². The van der Waals surface area contributed by atoms with Gasteiger partial charge in [-0.15, -0.1) is 0 Å². The standard InChI is InChI=1S/C30H34N2O2.CH2O3/c1-21-15-16-32(28(33)17-21)20-23-11-13-26(14-12-23)29(25-6-2-3-7-25)30(34)31-27-8-4-5-24(19-27)18-22-9-10-22;2-1(3)4/h4-5,8,11-17,19,22,25,29H,2-3,6-7,9-10,18,20H2,1H3,(H,31,34);(H2,2,3,4). The van der Waals surface area contributed by atoms with Gasteiger partial charge in [-0.1, -0.05) is 49.2 Å². The van der Waals surface area contributed by atoms with Crippen molar-refractivity contribution in [1.29, 1.82) is 0 Å². The van der Waals surface area contributed by atoms with Crippen LogP contribution in [0.1, 0.15) is 66.7 Å². The summed E-state index contributed by atoms with van der Waals surface area (Å²) in [6, 6.07) is 20.3. The van der Waals surface area contributed by atoms with Gasteiger partial charge in [0.05, 0.1) is 12.5 Å². The number of benzene rings is 2. The van der Waals surface area contributed by atoms with Crippen LogP contribution in [0, 0.1) is 18.8 Å². The molecular weight excluding hydrogens is 480 g/mol. The van der Waals surface area contributed by atoms with Gasteiger partial charge in [-0.05, 0) is 91.3 Å². The van der Waals surface area contributed by atoms with Crippen LogP contribution in [0.3, 0.4) is 0 Å².